The normalized spacial score (nSPS) is 36.7. The number of aliphatic hydroxyl groups excluding tert-OH is 1. The topological polar surface area (TPSA) is 32.3 Å². The Balaban J connectivity index is 2.18. The Kier molecular flexibility index (Phi) is 2.49. The second-order valence-corrected chi connectivity index (χ2v) is 2.94. The van der Waals surface area contributed by atoms with Gasteiger partial charge in [-0.3, -0.25) is 0 Å². The van der Waals surface area contributed by atoms with E-state index in [1.807, 2.05) is 0 Å². The van der Waals surface area contributed by atoms with Crippen LogP contribution in [0.25, 0.3) is 0 Å². The maximum atomic E-state index is 8.74. The molecule has 54 valence electrons. The van der Waals surface area contributed by atoms with Gasteiger partial charge >= 0.3 is 0 Å². The molecule has 2 nitrogen and oxygen atoms in total. The van der Waals surface area contributed by atoms with Crippen molar-refractivity contribution in [1.82, 2.24) is 5.32 Å². The number of nitrogens with one attached hydrogen (secondary N) is 1. The van der Waals surface area contributed by atoms with Crippen LogP contribution in [0, 0.1) is 5.92 Å². The third kappa shape index (κ3) is 1.95. The third-order valence-electron chi connectivity index (χ3n) is 2.02. The van der Waals surface area contributed by atoms with E-state index in [9.17, 15) is 0 Å². The van der Waals surface area contributed by atoms with Crippen LogP contribution in [0.1, 0.15) is 19.8 Å². The Labute approximate surface area is 56.3 Å². The summed E-state index contributed by atoms with van der Waals surface area (Å²) in [5, 5.41) is 12.1. The maximum absolute atomic E-state index is 8.74. The van der Waals surface area contributed by atoms with Crippen LogP contribution in [0.15, 0.2) is 0 Å². The monoisotopic (exact) mass is 129 g/mol. The van der Waals surface area contributed by atoms with E-state index in [1.165, 1.54) is 12.8 Å². The van der Waals surface area contributed by atoms with Crippen molar-refractivity contribution in [1.29, 1.82) is 0 Å². The smallest absolute Gasteiger partial charge is 0.0471 e. The number of aliphatic hydroxyl groups is 1. The summed E-state index contributed by atoms with van der Waals surface area (Å²) in [6, 6.07) is 0.660. The molecule has 0 amide bonds. The standard InChI is InChI=1S/C7H15NO/c1-6-2-3-7(5-9)4-8-6/h6-9H,2-5H2,1H3. The van der Waals surface area contributed by atoms with Gasteiger partial charge in [0, 0.05) is 19.2 Å². The van der Waals surface area contributed by atoms with Crippen molar-refractivity contribution < 1.29 is 5.11 Å². The summed E-state index contributed by atoms with van der Waals surface area (Å²) in [4.78, 5) is 0. The van der Waals surface area contributed by atoms with Crippen LogP contribution in [0.5, 0.6) is 0 Å². The van der Waals surface area contributed by atoms with Crippen molar-refractivity contribution in [3.05, 3.63) is 0 Å². The van der Waals surface area contributed by atoms with Gasteiger partial charge in [-0.25, -0.2) is 0 Å². The van der Waals surface area contributed by atoms with Gasteiger partial charge in [-0.1, -0.05) is 0 Å². The van der Waals surface area contributed by atoms with Gasteiger partial charge in [0.25, 0.3) is 0 Å². The summed E-state index contributed by atoms with van der Waals surface area (Å²) in [7, 11) is 0. The lowest BCUT2D eigenvalue weighted by molar-refractivity contribution is 0.186. The number of rotatable bonds is 1. The van der Waals surface area contributed by atoms with E-state index in [4.69, 9.17) is 5.11 Å². The molecule has 0 aromatic carbocycles. The van der Waals surface area contributed by atoms with Crippen molar-refractivity contribution in [2.24, 2.45) is 5.92 Å². The molecule has 2 atom stereocenters. The largest absolute Gasteiger partial charge is 0.396 e. The number of piperidine rings is 1. The van der Waals surface area contributed by atoms with Crippen molar-refractivity contribution in [2.75, 3.05) is 13.2 Å². The summed E-state index contributed by atoms with van der Waals surface area (Å²) in [5.41, 5.74) is 0. The van der Waals surface area contributed by atoms with Crippen molar-refractivity contribution >= 4 is 0 Å². The Morgan fingerprint density at radius 1 is 1.56 bits per heavy atom. The van der Waals surface area contributed by atoms with E-state index >= 15 is 0 Å². The van der Waals surface area contributed by atoms with Gasteiger partial charge in [0.15, 0.2) is 0 Å². The lowest BCUT2D eigenvalue weighted by atomic mass is 9.96. The Hall–Kier alpha value is -0.0800. The van der Waals surface area contributed by atoms with Crippen LogP contribution in [0.3, 0.4) is 0 Å². The molecule has 1 aliphatic rings. The Morgan fingerprint density at radius 2 is 2.33 bits per heavy atom. The second-order valence-electron chi connectivity index (χ2n) is 2.94. The quantitative estimate of drug-likeness (QED) is 0.536. The highest BCUT2D eigenvalue weighted by Crippen LogP contribution is 2.12. The molecule has 0 bridgehead atoms. The molecular formula is C7H15NO. The molecule has 1 fully saturated rings. The van der Waals surface area contributed by atoms with Gasteiger partial charge in [-0.05, 0) is 25.7 Å². The molecule has 1 heterocycles. The molecule has 9 heavy (non-hydrogen) atoms. The van der Waals surface area contributed by atoms with Crippen molar-refractivity contribution in [3.8, 4) is 0 Å². The van der Waals surface area contributed by atoms with Crippen molar-refractivity contribution in [2.45, 2.75) is 25.8 Å². The highest BCUT2D eigenvalue weighted by atomic mass is 16.3. The first-order valence-electron chi connectivity index (χ1n) is 3.67. The van der Waals surface area contributed by atoms with Gasteiger partial charge in [-0.2, -0.15) is 0 Å². The van der Waals surface area contributed by atoms with Gasteiger partial charge in [0.05, 0.1) is 0 Å². The summed E-state index contributed by atoms with van der Waals surface area (Å²) in [6.45, 7) is 3.53. The van der Waals surface area contributed by atoms with E-state index in [1.54, 1.807) is 0 Å². The van der Waals surface area contributed by atoms with Gasteiger partial charge in [0.2, 0.25) is 0 Å². The molecule has 1 saturated heterocycles. The second kappa shape index (κ2) is 3.18. The van der Waals surface area contributed by atoms with Gasteiger partial charge < -0.3 is 10.4 Å². The molecule has 0 radical (unpaired) electrons. The van der Waals surface area contributed by atoms with Gasteiger partial charge in [-0.15, -0.1) is 0 Å². The summed E-state index contributed by atoms with van der Waals surface area (Å²) < 4.78 is 0. The minimum Gasteiger partial charge on any atom is -0.396 e. The molecule has 1 aliphatic heterocycles. The van der Waals surface area contributed by atoms with Crippen molar-refractivity contribution in [3.63, 3.8) is 0 Å². The van der Waals surface area contributed by atoms with E-state index in [0.29, 0.717) is 18.6 Å². The Morgan fingerprint density at radius 3 is 2.78 bits per heavy atom. The predicted molar refractivity (Wildman–Crippen MR) is 37.3 cm³/mol. The van der Waals surface area contributed by atoms with E-state index in [2.05, 4.69) is 12.2 Å². The predicted octanol–water partition coefficient (Wildman–Crippen LogP) is 0.367. The highest BCUT2D eigenvalue weighted by molar-refractivity contribution is 4.73. The SMILES string of the molecule is CC1CCC(CO)CN1. The molecule has 2 heteroatoms. The van der Waals surface area contributed by atoms with Crippen LogP contribution < -0.4 is 5.32 Å². The zero-order valence-corrected chi connectivity index (χ0v) is 5.93. The fraction of sp³-hybridized carbons (Fsp3) is 1.00. The zero-order chi connectivity index (χ0) is 6.69. The molecule has 2 N–H and O–H groups in total. The fourth-order valence-corrected chi connectivity index (χ4v) is 1.21. The summed E-state index contributed by atoms with van der Waals surface area (Å²) >= 11 is 0. The zero-order valence-electron chi connectivity index (χ0n) is 5.93. The highest BCUT2D eigenvalue weighted by Gasteiger charge is 2.15. The van der Waals surface area contributed by atoms with E-state index in [-0.39, 0.29) is 0 Å². The first kappa shape index (κ1) is 7.03. The molecule has 0 spiro atoms. The number of hydrogen-bond acceptors (Lipinski definition) is 2. The lowest BCUT2D eigenvalue weighted by Crippen LogP contribution is -2.38. The lowest BCUT2D eigenvalue weighted by Gasteiger charge is -2.25. The van der Waals surface area contributed by atoms with Crippen LogP contribution in [0.4, 0.5) is 0 Å². The summed E-state index contributed by atoms with van der Waals surface area (Å²) in [5.74, 6) is 0.515. The van der Waals surface area contributed by atoms with E-state index < -0.39 is 0 Å². The molecule has 2 unspecified atom stereocenters. The maximum Gasteiger partial charge on any atom is 0.0471 e. The average molecular weight is 129 g/mol. The van der Waals surface area contributed by atoms with Crippen LogP contribution >= 0.6 is 0 Å². The molecule has 0 aromatic rings. The van der Waals surface area contributed by atoms with Crippen LogP contribution in [-0.4, -0.2) is 24.3 Å². The first-order valence-corrected chi connectivity index (χ1v) is 3.67. The fourth-order valence-electron chi connectivity index (χ4n) is 1.21. The minimum atomic E-state index is 0.347. The Bertz CT molecular complexity index is 77.0. The molecule has 0 aliphatic carbocycles. The first-order chi connectivity index (χ1) is 4.33. The van der Waals surface area contributed by atoms with Gasteiger partial charge in [0.1, 0.15) is 0 Å². The molecular weight excluding hydrogens is 114 g/mol. The average Bonchev–Trinajstić information content (AvgIpc) is 1.90. The van der Waals surface area contributed by atoms with Crippen LogP contribution in [-0.2, 0) is 0 Å². The number of hydrogen-bond donors (Lipinski definition) is 2. The molecule has 0 aromatic heterocycles. The molecule has 1 rings (SSSR count). The third-order valence-corrected chi connectivity index (χ3v) is 2.02. The van der Waals surface area contributed by atoms with Crippen LogP contribution in [0.2, 0.25) is 0 Å². The van der Waals surface area contributed by atoms with E-state index in [0.717, 1.165) is 6.54 Å². The molecule has 0 saturated carbocycles. The minimum absolute atomic E-state index is 0.347. The summed E-state index contributed by atoms with van der Waals surface area (Å²) in [6.07, 6.45) is 2.40.